The normalized spacial score (nSPS) is 22.0. The van der Waals surface area contributed by atoms with Gasteiger partial charge in [0.2, 0.25) is 5.91 Å². The Morgan fingerprint density at radius 3 is 2.50 bits per heavy atom. The average Bonchev–Trinajstić information content (AvgIpc) is 2.76. The number of amides is 2. The van der Waals surface area contributed by atoms with Crippen molar-refractivity contribution in [1.29, 1.82) is 0 Å². The minimum atomic E-state index is -0.555. The largest absolute Gasteiger partial charge is 0.444 e. The fourth-order valence-corrected chi connectivity index (χ4v) is 2.44. The molecule has 0 aromatic carbocycles. The van der Waals surface area contributed by atoms with Crippen LogP contribution in [0.25, 0.3) is 0 Å². The zero-order valence-electron chi connectivity index (χ0n) is 14.3. The van der Waals surface area contributed by atoms with Crippen LogP contribution in [0.3, 0.4) is 0 Å². The maximum absolute atomic E-state index is 12.2. The van der Waals surface area contributed by atoms with E-state index in [0.29, 0.717) is 25.9 Å². The third kappa shape index (κ3) is 6.19. The lowest BCUT2D eigenvalue weighted by Gasteiger charge is -2.24. The van der Waals surface area contributed by atoms with E-state index in [-0.39, 0.29) is 24.6 Å². The molecule has 1 aliphatic heterocycles. The lowest BCUT2D eigenvalue weighted by molar-refractivity contribution is -0.133. The summed E-state index contributed by atoms with van der Waals surface area (Å²) in [5.41, 5.74) is -0.555. The van der Waals surface area contributed by atoms with Crippen molar-refractivity contribution < 1.29 is 19.4 Å². The molecule has 0 spiro atoms. The molecular formula is C15H29N3O4. The van der Waals surface area contributed by atoms with Crippen molar-refractivity contribution in [1.82, 2.24) is 15.1 Å². The van der Waals surface area contributed by atoms with Crippen LogP contribution in [0, 0.1) is 0 Å². The van der Waals surface area contributed by atoms with Gasteiger partial charge >= 0.3 is 6.09 Å². The van der Waals surface area contributed by atoms with Crippen molar-refractivity contribution in [3.63, 3.8) is 0 Å². The smallest absolute Gasteiger partial charge is 0.407 e. The highest BCUT2D eigenvalue weighted by atomic mass is 16.6. The molecule has 1 aliphatic rings. The maximum Gasteiger partial charge on any atom is 0.407 e. The summed E-state index contributed by atoms with van der Waals surface area (Å²) < 4.78 is 5.22. The van der Waals surface area contributed by atoms with E-state index in [1.165, 1.54) is 0 Å². The topological polar surface area (TPSA) is 82.1 Å². The zero-order valence-corrected chi connectivity index (χ0v) is 14.3. The Labute approximate surface area is 132 Å². The summed E-state index contributed by atoms with van der Waals surface area (Å²) in [7, 11) is 3.82. The van der Waals surface area contributed by atoms with Crippen molar-refractivity contribution in [3.05, 3.63) is 0 Å². The van der Waals surface area contributed by atoms with E-state index >= 15 is 0 Å². The minimum absolute atomic E-state index is 0.00115. The van der Waals surface area contributed by atoms with Gasteiger partial charge in [-0.05, 0) is 41.3 Å². The van der Waals surface area contributed by atoms with Gasteiger partial charge in [0.15, 0.2) is 0 Å². The van der Waals surface area contributed by atoms with E-state index in [4.69, 9.17) is 4.74 Å². The van der Waals surface area contributed by atoms with Crippen LogP contribution in [0.4, 0.5) is 4.79 Å². The molecule has 128 valence electrons. The summed E-state index contributed by atoms with van der Waals surface area (Å²) >= 11 is 0. The van der Waals surface area contributed by atoms with Crippen molar-refractivity contribution in [3.8, 4) is 0 Å². The van der Waals surface area contributed by atoms with Gasteiger partial charge in [0.05, 0.1) is 18.7 Å². The number of carbonyl (C=O) groups excluding carboxylic acids is 2. The number of ether oxygens (including phenoxy) is 1. The summed E-state index contributed by atoms with van der Waals surface area (Å²) in [6, 6.07) is -0.426. The van der Waals surface area contributed by atoms with Gasteiger partial charge in [0.25, 0.3) is 0 Å². The Bertz CT molecular complexity index is 393. The number of likely N-dealkylation sites (tertiary alicyclic amines) is 1. The summed E-state index contributed by atoms with van der Waals surface area (Å²) in [4.78, 5) is 27.6. The SMILES string of the molecule is CN(C)CCC(=O)N1C[C@H](NC(=O)OC(C)(C)C)C[C@H]1CO. The number of nitrogens with zero attached hydrogens (tertiary/aromatic N) is 2. The number of alkyl carbamates (subject to hydrolysis) is 1. The molecule has 22 heavy (non-hydrogen) atoms. The van der Waals surface area contributed by atoms with Crippen LogP contribution < -0.4 is 5.32 Å². The van der Waals surface area contributed by atoms with Crippen molar-refractivity contribution in [2.75, 3.05) is 33.8 Å². The van der Waals surface area contributed by atoms with Crippen LogP contribution >= 0.6 is 0 Å². The van der Waals surface area contributed by atoms with Crippen LogP contribution in [0.15, 0.2) is 0 Å². The molecule has 0 saturated carbocycles. The Morgan fingerprint density at radius 1 is 1.36 bits per heavy atom. The van der Waals surface area contributed by atoms with Gasteiger partial charge < -0.3 is 25.0 Å². The molecule has 1 rings (SSSR count). The second-order valence-electron chi connectivity index (χ2n) is 7.01. The lowest BCUT2D eigenvalue weighted by Crippen LogP contribution is -2.42. The molecule has 0 aliphatic carbocycles. The molecule has 7 heteroatoms. The van der Waals surface area contributed by atoms with Crippen LogP contribution in [0.1, 0.15) is 33.6 Å². The highest BCUT2D eigenvalue weighted by molar-refractivity contribution is 5.77. The van der Waals surface area contributed by atoms with Crippen LogP contribution in [-0.2, 0) is 9.53 Å². The monoisotopic (exact) mass is 315 g/mol. The molecule has 7 nitrogen and oxygen atoms in total. The van der Waals surface area contributed by atoms with E-state index in [1.54, 1.807) is 25.7 Å². The van der Waals surface area contributed by atoms with E-state index < -0.39 is 11.7 Å². The molecule has 1 saturated heterocycles. The predicted molar refractivity (Wildman–Crippen MR) is 83.5 cm³/mol. The van der Waals surface area contributed by atoms with Gasteiger partial charge in [-0.1, -0.05) is 0 Å². The molecule has 0 aromatic heterocycles. The number of nitrogens with one attached hydrogen (secondary N) is 1. The molecule has 0 radical (unpaired) electrons. The number of rotatable bonds is 5. The highest BCUT2D eigenvalue weighted by Gasteiger charge is 2.35. The first-order valence-corrected chi connectivity index (χ1v) is 7.67. The third-order valence-electron chi connectivity index (χ3n) is 3.44. The van der Waals surface area contributed by atoms with Crippen LogP contribution in [-0.4, -0.2) is 78.4 Å². The van der Waals surface area contributed by atoms with Crippen molar-refractivity contribution in [2.24, 2.45) is 0 Å². The molecule has 0 bridgehead atoms. The number of aliphatic hydroxyl groups is 1. The predicted octanol–water partition coefficient (Wildman–Crippen LogP) is 0.425. The average molecular weight is 315 g/mol. The quantitative estimate of drug-likeness (QED) is 0.768. The zero-order chi connectivity index (χ0) is 16.9. The molecule has 2 atom stereocenters. The molecule has 0 unspecified atom stereocenters. The second kappa shape index (κ2) is 7.78. The van der Waals surface area contributed by atoms with Crippen LogP contribution in [0.5, 0.6) is 0 Å². The second-order valence-corrected chi connectivity index (χ2v) is 7.01. The van der Waals surface area contributed by atoms with Crippen LogP contribution in [0.2, 0.25) is 0 Å². The summed E-state index contributed by atoms with van der Waals surface area (Å²) in [5, 5.41) is 12.2. The molecule has 1 fully saturated rings. The molecule has 2 N–H and O–H groups in total. The van der Waals surface area contributed by atoms with E-state index in [2.05, 4.69) is 5.32 Å². The first-order chi connectivity index (χ1) is 10.1. The Hall–Kier alpha value is -1.34. The van der Waals surface area contributed by atoms with E-state index in [0.717, 1.165) is 0 Å². The van der Waals surface area contributed by atoms with Gasteiger partial charge in [-0.25, -0.2) is 4.79 Å². The van der Waals surface area contributed by atoms with E-state index in [9.17, 15) is 14.7 Å². The Balaban J connectivity index is 2.53. The summed E-state index contributed by atoms with van der Waals surface area (Å²) in [5.74, 6) is 0.00115. The van der Waals surface area contributed by atoms with Crippen molar-refractivity contribution >= 4 is 12.0 Å². The maximum atomic E-state index is 12.2. The molecule has 0 aromatic rings. The Morgan fingerprint density at radius 2 is 2.00 bits per heavy atom. The van der Waals surface area contributed by atoms with Gasteiger partial charge in [-0.2, -0.15) is 0 Å². The standard InChI is InChI=1S/C15H29N3O4/c1-15(2,3)22-14(21)16-11-8-12(10-19)18(9-11)13(20)6-7-17(4)5/h11-12,19H,6-10H2,1-5H3,(H,16,21)/t11-,12+/m1/s1. The third-order valence-corrected chi connectivity index (χ3v) is 3.44. The highest BCUT2D eigenvalue weighted by Crippen LogP contribution is 2.19. The first-order valence-electron chi connectivity index (χ1n) is 7.67. The van der Waals surface area contributed by atoms with Gasteiger partial charge in [0, 0.05) is 19.5 Å². The molecule has 1 heterocycles. The van der Waals surface area contributed by atoms with Gasteiger partial charge in [-0.3, -0.25) is 4.79 Å². The number of aliphatic hydroxyl groups excluding tert-OH is 1. The fourth-order valence-electron chi connectivity index (χ4n) is 2.44. The Kier molecular flexibility index (Phi) is 6.62. The summed E-state index contributed by atoms with van der Waals surface area (Å²) in [6.07, 6.45) is 0.461. The van der Waals surface area contributed by atoms with Gasteiger partial charge in [-0.15, -0.1) is 0 Å². The number of hydrogen-bond donors (Lipinski definition) is 2. The van der Waals surface area contributed by atoms with Gasteiger partial charge in [0.1, 0.15) is 5.60 Å². The molecule has 2 amide bonds. The lowest BCUT2D eigenvalue weighted by atomic mass is 10.2. The number of carbonyl (C=O) groups is 2. The summed E-state index contributed by atoms with van der Waals surface area (Å²) in [6.45, 7) is 6.38. The minimum Gasteiger partial charge on any atom is -0.444 e. The first kappa shape index (κ1) is 18.7. The fraction of sp³-hybridized carbons (Fsp3) is 0.867. The molecular weight excluding hydrogens is 286 g/mol. The van der Waals surface area contributed by atoms with E-state index in [1.807, 2.05) is 19.0 Å². The van der Waals surface area contributed by atoms with Crippen molar-refractivity contribution in [2.45, 2.75) is 51.3 Å². The number of hydrogen-bond acceptors (Lipinski definition) is 5.